The standard InChI is InChI=1S/C18H35N2O2/c1-13-9-15(3,4)19(21)17(7,11-13)18(8)12-14(2)10-16(5,6)20(18)22/h13-14,21H,9-12H2,1-8H3/q-1/p+1. The molecule has 4 heteroatoms. The van der Waals surface area contributed by atoms with Gasteiger partial charge >= 0.3 is 0 Å². The summed E-state index contributed by atoms with van der Waals surface area (Å²) in [6.07, 6.45) is 3.73. The van der Waals surface area contributed by atoms with Crippen LogP contribution in [-0.4, -0.2) is 37.5 Å². The molecule has 2 N–H and O–H groups in total. The molecule has 0 aromatic heterocycles. The van der Waals surface area contributed by atoms with Crippen LogP contribution in [0.2, 0.25) is 0 Å². The first-order chi connectivity index (χ1) is 9.76. The largest absolute Gasteiger partial charge is 0.784 e. The fraction of sp³-hybridized carbons (Fsp3) is 1.00. The zero-order valence-electron chi connectivity index (χ0n) is 15.8. The van der Waals surface area contributed by atoms with Crippen molar-refractivity contribution in [3.63, 3.8) is 0 Å². The van der Waals surface area contributed by atoms with Crippen molar-refractivity contribution in [2.75, 3.05) is 0 Å². The topological polar surface area (TPSA) is 52.4 Å². The molecule has 4 nitrogen and oxygen atoms in total. The van der Waals surface area contributed by atoms with Crippen LogP contribution >= 0.6 is 0 Å². The lowest BCUT2D eigenvalue weighted by atomic mass is 9.61. The van der Waals surface area contributed by atoms with Crippen molar-refractivity contribution < 1.29 is 5.21 Å². The Bertz CT molecular complexity index is 397. The van der Waals surface area contributed by atoms with Gasteiger partial charge in [0.2, 0.25) is 0 Å². The van der Waals surface area contributed by atoms with Gasteiger partial charge in [-0.3, -0.25) is 0 Å². The molecule has 0 spiro atoms. The Kier molecular flexibility index (Phi) is 4.27. The summed E-state index contributed by atoms with van der Waals surface area (Å²) in [5, 5.41) is 25.2. The van der Waals surface area contributed by atoms with Crippen LogP contribution in [0.4, 0.5) is 0 Å². The van der Waals surface area contributed by atoms with Crippen LogP contribution < -0.4 is 0 Å². The second-order valence-corrected chi connectivity index (χ2v) is 9.83. The van der Waals surface area contributed by atoms with E-state index < -0.39 is 11.1 Å². The lowest BCUT2D eigenvalue weighted by Crippen LogP contribution is -2.76. The molecule has 2 aliphatic heterocycles. The van der Waals surface area contributed by atoms with Gasteiger partial charge in [0.25, 0.3) is 0 Å². The summed E-state index contributed by atoms with van der Waals surface area (Å²) < 4.78 is 0. The third-order valence-corrected chi connectivity index (χ3v) is 6.45. The quantitative estimate of drug-likeness (QED) is 0.694. The SMILES string of the molecule is CC1CC(C)(C)N([O-])C(C)(C2(C)CC(C)CC(C)(C)N2[OH2+])C1. The summed E-state index contributed by atoms with van der Waals surface area (Å²) in [6.45, 7) is 17.2. The summed E-state index contributed by atoms with van der Waals surface area (Å²) in [5.74, 6) is 1.04. The van der Waals surface area contributed by atoms with Crippen molar-refractivity contribution >= 4 is 0 Å². The molecule has 0 bridgehead atoms. The number of hydrogen-bond donors (Lipinski definition) is 0. The van der Waals surface area contributed by atoms with Gasteiger partial charge in [0.05, 0.1) is 5.54 Å². The molecule has 2 fully saturated rings. The summed E-state index contributed by atoms with van der Waals surface area (Å²) in [7, 11) is 0. The van der Waals surface area contributed by atoms with Crippen molar-refractivity contribution in [3.05, 3.63) is 5.21 Å². The highest BCUT2D eigenvalue weighted by molar-refractivity contribution is 5.16. The molecule has 2 heterocycles. The highest BCUT2D eigenvalue weighted by atomic mass is 16.5. The van der Waals surface area contributed by atoms with Gasteiger partial charge in [-0.1, -0.05) is 18.9 Å². The molecule has 4 unspecified atom stereocenters. The molecule has 130 valence electrons. The summed E-state index contributed by atoms with van der Waals surface area (Å²) >= 11 is 0. The van der Waals surface area contributed by atoms with E-state index in [9.17, 15) is 5.21 Å². The Morgan fingerprint density at radius 3 is 1.68 bits per heavy atom. The monoisotopic (exact) mass is 312 g/mol. The second-order valence-electron chi connectivity index (χ2n) is 9.83. The Balaban J connectivity index is 2.49. The molecule has 0 aromatic carbocycles. The molecule has 22 heavy (non-hydrogen) atoms. The van der Waals surface area contributed by atoms with Crippen LogP contribution in [0.1, 0.15) is 81.1 Å². The van der Waals surface area contributed by atoms with Crippen LogP contribution in [0.25, 0.3) is 0 Å². The maximum absolute atomic E-state index is 13.3. The highest BCUT2D eigenvalue weighted by Crippen LogP contribution is 2.53. The van der Waals surface area contributed by atoms with E-state index in [1.54, 1.807) is 5.06 Å². The Hall–Kier alpha value is -0.160. The second kappa shape index (κ2) is 5.17. The van der Waals surface area contributed by atoms with Crippen LogP contribution in [0.3, 0.4) is 0 Å². The molecule has 4 atom stereocenters. The highest BCUT2D eigenvalue weighted by Gasteiger charge is 2.62. The van der Waals surface area contributed by atoms with Crippen molar-refractivity contribution in [3.8, 4) is 0 Å². The van der Waals surface area contributed by atoms with E-state index in [-0.39, 0.29) is 11.1 Å². The smallest absolute Gasteiger partial charge is 0.104 e. The molecule has 2 aliphatic rings. The van der Waals surface area contributed by atoms with E-state index in [4.69, 9.17) is 5.21 Å². The van der Waals surface area contributed by atoms with Gasteiger partial charge in [-0.25, -0.2) is 0 Å². The predicted molar refractivity (Wildman–Crippen MR) is 92.4 cm³/mol. The van der Waals surface area contributed by atoms with E-state index in [0.717, 1.165) is 25.7 Å². The molecule has 0 amide bonds. The number of piperidine rings is 2. The van der Waals surface area contributed by atoms with Gasteiger partial charge in [0.1, 0.15) is 5.54 Å². The van der Waals surface area contributed by atoms with Crippen molar-refractivity contribution in [2.45, 2.75) is 103 Å². The summed E-state index contributed by atoms with van der Waals surface area (Å²) in [5.41, 5.74) is -1.51. The van der Waals surface area contributed by atoms with Gasteiger partial charge in [-0.2, -0.15) is 0 Å². The average Bonchev–Trinajstić information content (AvgIpc) is 2.31. The fourth-order valence-electron chi connectivity index (χ4n) is 5.79. The fourth-order valence-corrected chi connectivity index (χ4v) is 5.79. The third kappa shape index (κ3) is 2.52. The Labute approximate surface area is 136 Å². The minimum atomic E-state index is -0.526. The molecule has 2 saturated heterocycles. The van der Waals surface area contributed by atoms with Gasteiger partial charge in [-0.05, 0) is 79.1 Å². The van der Waals surface area contributed by atoms with Crippen LogP contribution in [-0.2, 0) is 0 Å². The van der Waals surface area contributed by atoms with Gasteiger partial charge in [0, 0.05) is 11.1 Å². The molecular formula is C18H36N2O2. The van der Waals surface area contributed by atoms with Crippen LogP contribution in [0.15, 0.2) is 0 Å². The number of hydroxylamine groups is 4. The maximum Gasteiger partial charge on any atom is 0.104 e. The van der Waals surface area contributed by atoms with E-state index in [1.807, 2.05) is 0 Å². The zero-order valence-corrected chi connectivity index (χ0v) is 15.8. The van der Waals surface area contributed by atoms with Gasteiger partial charge in [0.15, 0.2) is 0 Å². The summed E-state index contributed by atoms with van der Waals surface area (Å²) in [6, 6.07) is 0. The Morgan fingerprint density at radius 1 is 0.773 bits per heavy atom. The first kappa shape index (κ1) is 18.2. The normalized spacial score (nSPS) is 46.6. The van der Waals surface area contributed by atoms with Crippen molar-refractivity contribution in [1.82, 2.24) is 10.1 Å². The van der Waals surface area contributed by atoms with E-state index >= 15 is 0 Å². The molecular weight excluding hydrogens is 276 g/mol. The van der Waals surface area contributed by atoms with Crippen LogP contribution in [0.5, 0.6) is 0 Å². The zero-order chi connectivity index (χ0) is 17.1. The molecule has 0 aliphatic carbocycles. The summed E-state index contributed by atoms with van der Waals surface area (Å²) in [4.78, 5) is 0. The van der Waals surface area contributed by atoms with Crippen molar-refractivity contribution in [2.24, 2.45) is 11.8 Å². The molecule has 0 radical (unpaired) electrons. The third-order valence-electron chi connectivity index (χ3n) is 6.45. The average molecular weight is 312 g/mol. The lowest BCUT2D eigenvalue weighted by molar-refractivity contribution is -0.295. The molecule has 0 aromatic rings. The van der Waals surface area contributed by atoms with Crippen LogP contribution in [0, 0.1) is 17.0 Å². The lowest BCUT2D eigenvalue weighted by Gasteiger charge is -2.68. The number of nitrogens with zero attached hydrogens (tertiary/aromatic N) is 2. The Morgan fingerprint density at radius 2 is 1.18 bits per heavy atom. The van der Waals surface area contributed by atoms with Crippen molar-refractivity contribution in [1.29, 1.82) is 0 Å². The maximum atomic E-state index is 13.3. The number of rotatable bonds is 1. The van der Waals surface area contributed by atoms with E-state index in [2.05, 4.69) is 55.4 Å². The number of hydrogen-bond acceptors (Lipinski definition) is 3. The first-order valence-electron chi connectivity index (χ1n) is 8.75. The van der Waals surface area contributed by atoms with E-state index in [1.165, 1.54) is 5.06 Å². The minimum absolute atomic E-state index is 0.193. The van der Waals surface area contributed by atoms with Gasteiger partial charge < -0.3 is 15.5 Å². The minimum Gasteiger partial charge on any atom is -0.784 e. The predicted octanol–water partition coefficient (Wildman–Crippen LogP) is 3.66. The molecule has 2 rings (SSSR count). The molecule has 0 saturated carbocycles. The van der Waals surface area contributed by atoms with Gasteiger partial charge in [-0.15, -0.1) is 0 Å². The first-order valence-corrected chi connectivity index (χ1v) is 8.75. The van der Waals surface area contributed by atoms with E-state index in [0.29, 0.717) is 11.8 Å².